The first-order valence-corrected chi connectivity index (χ1v) is 4.93. The highest BCUT2D eigenvalue weighted by Crippen LogP contribution is 1.97. The molecule has 0 aliphatic heterocycles. The normalized spacial score (nSPS) is 11.4. The lowest BCUT2D eigenvalue weighted by atomic mass is 10.3. The second kappa shape index (κ2) is 5.85. The Kier molecular flexibility index (Phi) is 4.40. The molecule has 0 unspecified atom stereocenters. The minimum atomic E-state index is 0.570. The van der Waals surface area contributed by atoms with Gasteiger partial charge in [0.1, 0.15) is 12.7 Å². The van der Waals surface area contributed by atoms with E-state index in [1.54, 1.807) is 11.0 Å². The Morgan fingerprint density at radius 1 is 1.67 bits per heavy atom. The van der Waals surface area contributed by atoms with E-state index in [4.69, 9.17) is 5.73 Å². The fourth-order valence-corrected chi connectivity index (χ4v) is 1.18. The van der Waals surface area contributed by atoms with E-state index in [0.29, 0.717) is 5.70 Å². The van der Waals surface area contributed by atoms with Crippen LogP contribution in [0.3, 0.4) is 0 Å². The van der Waals surface area contributed by atoms with Gasteiger partial charge in [0.2, 0.25) is 0 Å². The van der Waals surface area contributed by atoms with E-state index in [-0.39, 0.29) is 0 Å². The third-order valence-electron chi connectivity index (χ3n) is 1.90. The molecule has 3 N–H and O–H groups in total. The van der Waals surface area contributed by atoms with Gasteiger partial charge in [0, 0.05) is 17.9 Å². The number of nitrogens with two attached hydrogens (primary N) is 1. The number of hydrogen-bond donors (Lipinski definition) is 2. The van der Waals surface area contributed by atoms with Crippen LogP contribution in [0.2, 0.25) is 0 Å². The number of nitrogens with zero attached hydrogens (tertiary/aromatic N) is 3. The first-order chi connectivity index (χ1) is 7.22. The van der Waals surface area contributed by atoms with Crippen LogP contribution in [0.4, 0.5) is 0 Å². The molecule has 82 valence electrons. The van der Waals surface area contributed by atoms with Gasteiger partial charge in [-0.15, -0.1) is 0 Å². The van der Waals surface area contributed by atoms with Gasteiger partial charge in [-0.3, -0.25) is 4.68 Å². The Morgan fingerprint density at radius 3 is 3.00 bits per heavy atom. The molecule has 0 saturated carbocycles. The van der Waals surface area contributed by atoms with E-state index in [1.165, 1.54) is 6.33 Å². The van der Waals surface area contributed by atoms with E-state index in [0.717, 1.165) is 25.2 Å². The molecule has 1 heterocycles. The van der Waals surface area contributed by atoms with Gasteiger partial charge in [-0.1, -0.05) is 13.5 Å². The Balaban J connectivity index is 2.32. The molecule has 0 bridgehead atoms. The lowest BCUT2D eigenvalue weighted by molar-refractivity contribution is 0.579. The summed E-state index contributed by atoms with van der Waals surface area (Å²) in [7, 11) is 0. The molecule has 0 atom stereocenters. The van der Waals surface area contributed by atoms with Crippen LogP contribution in [0, 0.1) is 0 Å². The van der Waals surface area contributed by atoms with E-state index in [2.05, 4.69) is 28.9 Å². The topological polar surface area (TPSA) is 68.8 Å². The number of hydrogen-bond acceptors (Lipinski definition) is 4. The van der Waals surface area contributed by atoms with Gasteiger partial charge >= 0.3 is 0 Å². The zero-order valence-corrected chi connectivity index (χ0v) is 8.98. The van der Waals surface area contributed by atoms with Crippen LogP contribution in [0.15, 0.2) is 36.7 Å². The summed E-state index contributed by atoms with van der Waals surface area (Å²) >= 11 is 0. The SMILES string of the molecule is C=C(N)/C=C(\CC)NCCn1cncn1. The Labute approximate surface area is 89.7 Å². The molecule has 0 spiro atoms. The van der Waals surface area contributed by atoms with Crippen LogP contribution in [0.5, 0.6) is 0 Å². The number of allylic oxidation sites excluding steroid dienone is 2. The molecule has 1 aromatic heterocycles. The number of aromatic nitrogens is 3. The van der Waals surface area contributed by atoms with Crippen molar-refractivity contribution in [3.63, 3.8) is 0 Å². The number of nitrogens with one attached hydrogen (secondary N) is 1. The maximum atomic E-state index is 5.50. The molecule has 0 aliphatic rings. The summed E-state index contributed by atoms with van der Waals surface area (Å²) in [6.07, 6.45) is 5.98. The second-order valence-corrected chi connectivity index (χ2v) is 3.18. The van der Waals surface area contributed by atoms with Gasteiger partial charge in [0.25, 0.3) is 0 Å². The molecule has 0 radical (unpaired) electrons. The van der Waals surface area contributed by atoms with E-state index in [9.17, 15) is 0 Å². The number of rotatable bonds is 6. The predicted octanol–water partition coefficient (Wildman–Crippen LogP) is 0.634. The molecule has 0 aromatic carbocycles. The fourth-order valence-electron chi connectivity index (χ4n) is 1.18. The summed E-state index contributed by atoms with van der Waals surface area (Å²) in [5.41, 5.74) is 7.15. The molecule has 1 rings (SSSR count). The van der Waals surface area contributed by atoms with Crippen LogP contribution in [-0.4, -0.2) is 21.3 Å². The average molecular weight is 207 g/mol. The summed E-state index contributed by atoms with van der Waals surface area (Å²) < 4.78 is 1.78. The van der Waals surface area contributed by atoms with E-state index in [1.807, 2.05) is 6.08 Å². The molecule has 5 heteroatoms. The van der Waals surface area contributed by atoms with Crippen LogP contribution in [0.1, 0.15) is 13.3 Å². The van der Waals surface area contributed by atoms with Crippen molar-refractivity contribution in [1.82, 2.24) is 20.1 Å². The minimum absolute atomic E-state index is 0.570. The quantitative estimate of drug-likeness (QED) is 0.671. The van der Waals surface area contributed by atoms with Crippen molar-refractivity contribution in [2.75, 3.05) is 6.54 Å². The molecule has 5 nitrogen and oxygen atoms in total. The summed E-state index contributed by atoms with van der Waals surface area (Å²) in [6, 6.07) is 0. The van der Waals surface area contributed by atoms with Gasteiger partial charge in [-0.05, 0) is 12.5 Å². The van der Waals surface area contributed by atoms with Gasteiger partial charge in [0.15, 0.2) is 0 Å². The van der Waals surface area contributed by atoms with Crippen LogP contribution in [0.25, 0.3) is 0 Å². The van der Waals surface area contributed by atoms with Gasteiger partial charge < -0.3 is 11.1 Å². The monoisotopic (exact) mass is 207 g/mol. The molecule has 0 fully saturated rings. The van der Waals surface area contributed by atoms with Crippen LogP contribution < -0.4 is 11.1 Å². The van der Waals surface area contributed by atoms with Crippen molar-refractivity contribution in [1.29, 1.82) is 0 Å². The van der Waals surface area contributed by atoms with Crippen molar-refractivity contribution in [2.45, 2.75) is 19.9 Å². The summed E-state index contributed by atoms with van der Waals surface area (Å²) in [5, 5.41) is 7.27. The van der Waals surface area contributed by atoms with Crippen LogP contribution >= 0.6 is 0 Å². The third kappa shape index (κ3) is 4.30. The standard InChI is InChI=1S/C10H17N5/c1-3-10(6-9(2)11)13-4-5-15-8-12-7-14-15/h6-8,13H,2-5,11H2,1H3/b10-6+. The average Bonchev–Trinajstić information content (AvgIpc) is 2.68. The fraction of sp³-hybridized carbons (Fsp3) is 0.400. The Bertz CT molecular complexity index is 326. The van der Waals surface area contributed by atoms with Gasteiger partial charge in [-0.25, -0.2) is 4.98 Å². The maximum absolute atomic E-state index is 5.50. The van der Waals surface area contributed by atoms with Gasteiger partial charge in [0.05, 0.1) is 6.54 Å². The highest BCUT2D eigenvalue weighted by molar-refractivity contribution is 5.16. The van der Waals surface area contributed by atoms with Crippen molar-refractivity contribution in [2.24, 2.45) is 5.73 Å². The smallest absolute Gasteiger partial charge is 0.137 e. The van der Waals surface area contributed by atoms with Crippen molar-refractivity contribution in [3.05, 3.63) is 36.7 Å². The molecule has 15 heavy (non-hydrogen) atoms. The molecule has 1 aromatic rings. The molecule has 0 aliphatic carbocycles. The summed E-state index contributed by atoms with van der Waals surface area (Å²) in [6.45, 7) is 7.29. The van der Waals surface area contributed by atoms with Crippen molar-refractivity contribution in [3.8, 4) is 0 Å². The van der Waals surface area contributed by atoms with Crippen molar-refractivity contribution < 1.29 is 0 Å². The molecule has 0 saturated heterocycles. The van der Waals surface area contributed by atoms with Crippen LogP contribution in [-0.2, 0) is 6.54 Å². The predicted molar refractivity (Wildman–Crippen MR) is 59.7 cm³/mol. The molecular formula is C10H17N5. The first-order valence-electron chi connectivity index (χ1n) is 4.93. The second-order valence-electron chi connectivity index (χ2n) is 3.18. The van der Waals surface area contributed by atoms with E-state index < -0.39 is 0 Å². The summed E-state index contributed by atoms with van der Waals surface area (Å²) in [5.74, 6) is 0. The highest BCUT2D eigenvalue weighted by Gasteiger charge is 1.94. The van der Waals surface area contributed by atoms with E-state index >= 15 is 0 Å². The van der Waals surface area contributed by atoms with Crippen molar-refractivity contribution >= 4 is 0 Å². The first kappa shape index (κ1) is 11.3. The molecule has 0 amide bonds. The largest absolute Gasteiger partial charge is 0.399 e. The zero-order valence-electron chi connectivity index (χ0n) is 8.98. The van der Waals surface area contributed by atoms with Gasteiger partial charge in [-0.2, -0.15) is 5.10 Å². The zero-order chi connectivity index (χ0) is 11.1. The summed E-state index contributed by atoms with van der Waals surface area (Å²) in [4.78, 5) is 3.86. The lowest BCUT2D eigenvalue weighted by Crippen LogP contribution is -2.20. The maximum Gasteiger partial charge on any atom is 0.137 e. The Morgan fingerprint density at radius 2 is 2.47 bits per heavy atom. The minimum Gasteiger partial charge on any atom is -0.399 e. The lowest BCUT2D eigenvalue weighted by Gasteiger charge is -2.08. The third-order valence-corrected chi connectivity index (χ3v) is 1.90. The molecular weight excluding hydrogens is 190 g/mol. The Hall–Kier alpha value is -1.78. The highest BCUT2D eigenvalue weighted by atomic mass is 15.3.